The molecular formula is C19H19N3OS. The van der Waals surface area contributed by atoms with Gasteiger partial charge in [0, 0.05) is 22.3 Å². The van der Waals surface area contributed by atoms with Crippen molar-refractivity contribution in [1.82, 2.24) is 10.2 Å². The van der Waals surface area contributed by atoms with Crippen molar-refractivity contribution >= 4 is 22.9 Å². The van der Waals surface area contributed by atoms with E-state index in [2.05, 4.69) is 28.5 Å². The van der Waals surface area contributed by atoms with Crippen molar-refractivity contribution in [3.05, 3.63) is 57.9 Å². The zero-order valence-electron chi connectivity index (χ0n) is 13.5. The third kappa shape index (κ3) is 2.99. The van der Waals surface area contributed by atoms with Crippen LogP contribution in [0, 0.1) is 5.92 Å². The summed E-state index contributed by atoms with van der Waals surface area (Å²) in [5.74, 6) is 0.693. The molecule has 3 aromatic rings. The number of aromatic amines is 1. The van der Waals surface area contributed by atoms with Crippen LogP contribution in [0.25, 0.3) is 11.3 Å². The quantitative estimate of drug-likeness (QED) is 0.738. The first kappa shape index (κ1) is 15.1. The second kappa shape index (κ2) is 6.24. The van der Waals surface area contributed by atoms with Crippen molar-refractivity contribution in [3.8, 4) is 11.3 Å². The number of aryl methyl sites for hydroxylation is 1. The molecule has 24 heavy (non-hydrogen) atoms. The van der Waals surface area contributed by atoms with E-state index in [1.54, 1.807) is 17.5 Å². The van der Waals surface area contributed by atoms with Crippen LogP contribution in [0.2, 0.25) is 0 Å². The molecule has 4 rings (SSSR count). The maximum atomic E-state index is 12.6. The normalized spacial score (nSPS) is 16.6. The van der Waals surface area contributed by atoms with E-state index in [1.165, 1.54) is 16.9 Å². The van der Waals surface area contributed by atoms with Gasteiger partial charge in [0.2, 0.25) is 0 Å². The maximum Gasteiger partial charge on any atom is 0.265 e. The number of amides is 1. The molecule has 1 aliphatic carbocycles. The molecule has 2 aromatic heterocycles. The third-order valence-electron chi connectivity index (χ3n) is 4.49. The standard InChI is InChI=1S/C19H19N3OS/c1-12-5-6-17-14(9-12)11-18(24-17)19(23)21-15-4-2-3-13(10-15)16-7-8-20-22-16/h2-4,7-8,10-12H,5-6,9H2,1H3,(H,20,22)(H,21,23). The fourth-order valence-corrected chi connectivity index (χ4v) is 4.30. The van der Waals surface area contributed by atoms with E-state index in [-0.39, 0.29) is 5.91 Å². The SMILES string of the molecule is CC1CCc2sc(C(=O)Nc3cccc(-c4ccn[nH]4)c3)cc2C1. The number of hydrogen-bond acceptors (Lipinski definition) is 3. The molecule has 1 aliphatic rings. The van der Waals surface area contributed by atoms with E-state index in [4.69, 9.17) is 0 Å². The van der Waals surface area contributed by atoms with Crippen LogP contribution in [0.5, 0.6) is 0 Å². The van der Waals surface area contributed by atoms with E-state index < -0.39 is 0 Å². The number of aromatic nitrogens is 2. The molecule has 0 spiro atoms. The Labute approximate surface area is 144 Å². The Kier molecular flexibility index (Phi) is 3.94. The van der Waals surface area contributed by atoms with Gasteiger partial charge in [-0.05, 0) is 55.0 Å². The Bertz CT molecular complexity index is 867. The van der Waals surface area contributed by atoms with Gasteiger partial charge in [0.25, 0.3) is 5.91 Å². The first-order valence-electron chi connectivity index (χ1n) is 8.22. The maximum absolute atomic E-state index is 12.6. The highest BCUT2D eigenvalue weighted by Crippen LogP contribution is 2.32. The zero-order chi connectivity index (χ0) is 16.5. The lowest BCUT2D eigenvalue weighted by Crippen LogP contribution is -2.10. The Morgan fingerprint density at radius 1 is 1.33 bits per heavy atom. The summed E-state index contributed by atoms with van der Waals surface area (Å²) in [5, 5.41) is 9.93. The van der Waals surface area contributed by atoms with Gasteiger partial charge in [-0.2, -0.15) is 5.10 Å². The zero-order valence-corrected chi connectivity index (χ0v) is 14.3. The number of H-pyrrole nitrogens is 1. The van der Waals surface area contributed by atoms with Gasteiger partial charge in [0.1, 0.15) is 0 Å². The number of carbonyl (C=O) groups excluding carboxylic acids is 1. The van der Waals surface area contributed by atoms with E-state index in [0.29, 0.717) is 5.92 Å². The first-order valence-corrected chi connectivity index (χ1v) is 9.03. The summed E-state index contributed by atoms with van der Waals surface area (Å²) in [6, 6.07) is 11.8. The van der Waals surface area contributed by atoms with E-state index >= 15 is 0 Å². The lowest BCUT2D eigenvalue weighted by atomic mass is 9.90. The van der Waals surface area contributed by atoms with Gasteiger partial charge >= 0.3 is 0 Å². The molecule has 0 radical (unpaired) electrons. The number of anilines is 1. The van der Waals surface area contributed by atoms with Crippen LogP contribution in [-0.4, -0.2) is 16.1 Å². The fraction of sp³-hybridized carbons (Fsp3) is 0.263. The van der Waals surface area contributed by atoms with Crippen LogP contribution in [0.15, 0.2) is 42.6 Å². The largest absolute Gasteiger partial charge is 0.321 e. The van der Waals surface area contributed by atoms with Crippen LogP contribution >= 0.6 is 11.3 Å². The highest BCUT2D eigenvalue weighted by molar-refractivity contribution is 7.14. The van der Waals surface area contributed by atoms with Crippen molar-refractivity contribution in [1.29, 1.82) is 0 Å². The number of fused-ring (bicyclic) bond motifs is 1. The summed E-state index contributed by atoms with van der Waals surface area (Å²) < 4.78 is 0. The van der Waals surface area contributed by atoms with Crippen LogP contribution in [0.1, 0.15) is 33.5 Å². The van der Waals surface area contributed by atoms with Gasteiger partial charge in [-0.25, -0.2) is 0 Å². The van der Waals surface area contributed by atoms with Crippen LogP contribution in [-0.2, 0) is 12.8 Å². The highest BCUT2D eigenvalue weighted by Gasteiger charge is 2.20. The average molecular weight is 337 g/mol. The molecule has 5 heteroatoms. The number of benzene rings is 1. The van der Waals surface area contributed by atoms with Crippen molar-refractivity contribution in [2.24, 2.45) is 5.92 Å². The molecule has 0 fully saturated rings. The molecule has 4 nitrogen and oxygen atoms in total. The van der Waals surface area contributed by atoms with Crippen molar-refractivity contribution in [2.45, 2.75) is 26.2 Å². The van der Waals surface area contributed by atoms with E-state index in [0.717, 1.165) is 34.7 Å². The third-order valence-corrected chi connectivity index (χ3v) is 5.72. The minimum Gasteiger partial charge on any atom is -0.321 e. The predicted octanol–water partition coefficient (Wildman–Crippen LogP) is 4.52. The van der Waals surface area contributed by atoms with Gasteiger partial charge in [0.15, 0.2) is 0 Å². The number of hydrogen-bond donors (Lipinski definition) is 2. The minimum atomic E-state index is -0.0242. The Hall–Kier alpha value is -2.40. The molecule has 2 N–H and O–H groups in total. The molecule has 0 saturated heterocycles. The number of rotatable bonds is 3. The van der Waals surface area contributed by atoms with Crippen LogP contribution in [0.4, 0.5) is 5.69 Å². The summed E-state index contributed by atoms with van der Waals surface area (Å²) in [4.78, 5) is 14.8. The molecule has 1 aromatic carbocycles. The second-order valence-electron chi connectivity index (χ2n) is 6.41. The Morgan fingerprint density at radius 2 is 2.25 bits per heavy atom. The van der Waals surface area contributed by atoms with Gasteiger partial charge in [-0.3, -0.25) is 9.89 Å². The van der Waals surface area contributed by atoms with Crippen molar-refractivity contribution < 1.29 is 4.79 Å². The van der Waals surface area contributed by atoms with Crippen LogP contribution in [0.3, 0.4) is 0 Å². The van der Waals surface area contributed by atoms with E-state index in [1.807, 2.05) is 30.3 Å². The molecular weight excluding hydrogens is 318 g/mol. The lowest BCUT2D eigenvalue weighted by molar-refractivity contribution is 0.103. The summed E-state index contributed by atoms with van der Waals surface area (Å²) in [5.41, 5.74) is 4.10. The molecule has 0 bridgehead atoms. The molecule has 2 heterocycles. The second-order valence-corrected chi connectivity index (χ2v) is 7.55. The smallest absolute Gasteiger partial charge is 0.265 e. The molecule has 1 unspecified atom stereocenters. The first-order chi connectivity index (χ1) is 11.7. The molecule has 122 valence electrons. The minimum absolute atomic E-state index is 0.0242. The number of nitrogens with one attached hydrogen (secondary N) is 2. The number of nitrogens with zero attached hydrogens (tertiary/aromatic N) is 1. The number of thiophene rings is 1. The molecule has 0 aliphatic heterocycles. The molecule has 1 atom stereocenters. The van der Waals surface area contributed by atoms with Gasteiger partial charge in [-0.1, -0.05) is 19.1 Å². The topological polar surface area (TPSA) is 57.8 Å². The molecule has 0 saturated carbocycles. The highest BCUT2D eigenvalue weighted by atomic mass is 32.1. The molecule has 1 amide bonds. The van der Waals surface area contributed by atoms with Gasteiger partial charge < -0.3 is 5.32 Å². The van der Waals surface area contributed by atoms with Gasteiger partial charge in [0.05, 0.1) is 10.6 Å². The fourth-order valence-electron chi connectivity index (χ4n) is 3.19. The Balaban J connectivity index is 1.53. The van der Waals surface area contributed by atoms with Crippen molar-refractivity contribution in [3.63, 3.8) is 0 Å². The summed E-state index contributed by atoms with van der Waals surface area (Å²) in [6.45, 7) is 2.28. The average Bonchev–Trinajstić information content (AvgIpc) is 3.24. The summed E-state index contributed by atoms with van der Waals surface area (Å²) >= 11 is 1.64. The Morgan fingerprint density at radius 3 is 3.08 bits per heavy atom. The van der Waals surface area contributed by atoms with Crippen molar-refractivity contribution in [2.75, 3.05) is 5.32 Å². The summed E-state index contributed by atoms with van der Waals surface area (Å²) in [7, 11) is 0. The van der Waals surface area contributed by atoms with Gasteiger partial charge in [-0.15, -0.1) is 11.3 Å². The monoisotopic (exact) mass is 337 g/mol. The number of carbonyl (C=O) groups is 1. The predicted molar refractivity (Wildman–Crippen MR) is 97.5 cm³/mol. The van der Waals surface area contributed by atoms with Crippen LogP contribution < -0.4 is 5.32 Å². The summed E-state index contributed by atoms with van der Waals surface area (Å²) in [6.07, 6.45) is 5.14. The van der Waals surface area contributed by atoms with E-state index in [9.17, 15) is 4.79 Å². The lowest BCUT2D eigenvalue weighted by Gasteiger charge is -2.16.